The summed E-state index contributed by atoms with van der Waals surface area (Å²) in [5.41, 5.74) is 0.502. The van der Waals surface area contributed by atoms with Crippen LogP contribution < -0.4 is 0 Å². The van der Waals surface area contributed by atoms with E-state index < -0.39 is 6.61 Å². The van der Waals surface area contributed by atoms with E-state index in [2.05, 4.69) is 0 Å². The van der Waals surface area contributed by atoms with Crippen LogP contribution in [0.3, 0.4) is 0 Å². The Morgan fingerprint density at radius 1 is 1.23 bits per heavy atom. The Morgan fingerprint density at radius 2 is 1.92 bits per heavy atom. The van der Waals surface area contributed by atoms with Crippen molar-refractivity contribution in [1.82, 2.24) is 0 Å². The van der Waals surface area contributed by atoms with Gasteiger partial charge < -0.3 is 20.4 Å². The van der Waals surface area contributed by atoms with Crippen LogP contribution in [0.5, 0.6) is 11.5 Å². The zero-order valence-corrected chi connectivity index (χ0v) is 6.81. The minimum absolute atomic E-state index is 0.204. The highest BCUT2D eigenvalue weighted by Crippen LogP contribution is 2.25. The van der Waals surface area contributed by atoms with Gasteiger partial charge in [0.25, 0.3) is 0 Å². The summed E-state index contributed by atoms with van der Waals surface area (Å²) in [5.74, 6) is -0.690. The molecule has 70 valence electrons. The van der Waals surface area contributed by atoms with Gasteiger partial charge in [0, 0.05) is 0 Å². The van der Waals surface area contributed by atoms with Crippen LogP contribution in [0.1, 0.15) is 5.56 Å². The van der Waals surface area contributed by atoms with Crippen LogP contribution in [0.2, 0.25) is 0 Å². The summed E-state index contributed by atoms with van der Waals surface area (Å²) >= 11 is 0. The summed E-state index contributed by atoms with van der Waals surface area (Å²) in [6.07, 6.45) is 1.29. The molecular formula is C9H10O4. The van der Waals surface area contributed by atoms with Crippen LogP contribution in [-0.2, 0) is 0 Å². The van der Waals surface area contributed by atoms with E-state index in [0.29, 0.717) is 5.56 Å². The average Bonchev–Trinajstić information content (AvgIpc) is 2.11. The van der Waals surface area contributed by atoms with Crippen molar-refractivity contribution in [3.8, 4) is 11.5 Å². The van der Waals surface area contributed by atoms with Gasteiger partial charge >= 0.3 is 0 Å². The molecule has 1 rings (SSSR count). The van der Waals surface area contributed by atoms with Crippen molar-refractivity contribution in [2.75, 3.05) is 6.61 Å². The average molecular weight is 182 g/mol. The molecule has 4 N–H and O–H groups in total. The highest BCUT2D eigenvalue weighted by atomic mass is 16.3. The summed E-state index contributed by atoms with van der Waals surface area (Å²) in [4.78, 5) is 0. The van der Waals surface area contributed by atoms with E-state index in [1.54, 1.807) is 0 Å². The molecule has 0 saturated heterocycles. The van der Waals surface area contributed by atoms with E-state index >= 15 is 0 Å². The summed E-state index contributed by atoms with van der Waals surface area (Å²) in [5, 5.41) is 35.4. The third-order valence-corrected chi connectivity index (χ3v) is 1.49. The first kappa shape index (κ1) is 9.41. The topological polar surface area (TPSA) is 80.9 Å². The lowest BCUT2D eigenvalue weighted by molar-refractivity contribution is 0.256. The van der Waals surface area contributed by atoms with E-state index in [1.807, 2.05) is 0 Å². The van der Waals surface area contributed by atoms with Crippen LogP contribution in [0.15, 0.2) is 24.0 Å². The minimum Gasteiger partial charge on any atom is -0.510 e. The molecule has 0 saturated carbocycles. The Labute approximate surface area is 75.0 Å². The van der Waals surface area contributed by atoms with Gasteiger partial charge in [-0.3, -0.25) is 0 Å². The minimum atomic E-state index is -0.457. The molecule has 1 aromatic carbocycles. The van der Waals surface area contributed by atoms with Crippen LogP contribution in [-0.4, -0.2) is 27.0 Å². The summed E-state index contributed by atoms with van der Waals surface area (Å²) in [6, 6.07) is 4.08. The van der Waals surface area contributed by atoms with Gasteiger partial charge in [0.05, 0.1) is 0 Å². The standard InChI is InChI=1S/C9H10O4/c10-5-7(11)3-6-1-2-8(12)9(13)4-6/h1-4,10-13H,5H2. The SMILES string of the molecule is OCC(O)=Cc1ccc(O)c(O)c1. The van der Waals surface area contributed by atoms with Gasteiger partial charge in [-0.1, -0.05) is 6.07 Å². The lowest BCUT2D eigenvalue weighted by atomic mass is 10.2. The molecule has 13 heavy (non-hydrogen) atoms. The quantitative estimate of drug-likeness (QED) is 0.406. The van der Waals surface area contributed by atoms with Gasteiger partial charge in [0.1, 0.15) is 12.4 Å². The number of hydrogen-bond donors (Lipinski definition) is 4. The number of hydrogen-bond acceptors (Lipinski definition) is 4. The smallest absolute Gasteiger partial charge is 0.157 e. The Morgan fingerprint density at radius 3 is 2.46 bits per heavy atom. The fourth-order valence-corrected chi connectivity index (χ4v) is 0.868. The molecule has 0 unspecified atom stereocenters. The third kappa shape index (κ3) is 2.38. The van der Waals surface area contributed by atoms with Gasteiger partial charge in [-0.25, -0.2) is 0 Å². The van der Waals surface area contributed by atoms with E-state index in [-0.39, 0.29) is 17.3 Å². The van der Waals surface area contributed by atoms with Crippen molar-refractivity contribution in [3.05, 3.63) is 29.5 Å². The molecule has 4 nitrogen and oxygen atoms in total. The predicted molar refractivity (Wildman–Crippen MR) is 47.5 cm³/mol. The largest absolute Gasteiger partial charge is 0.510 e. The maximum absolute atomic E-state index is 9.06. The second-order valence-corrected chi connectivity index (χ2v) is 2.54. The molecule has 4 heteroatoms. The first-order chi connectivity index (χ1) is 6.13. The van der Waals surface area contributed by atoms with Crippen LogP contribution in [0.25, 0.3) is 6.08 Å². The maximum atomic E-state index is 9.06. The number of phenols is 2. The molecule has 1 aromatic rings. The highest BCUT2D eigenvalue weighted by Gasteiger charge is 1.99. The zero-order chi connectivity index (χ0) is 9.84. The monoisotopic (exact) mass is 182 g/mol. The molecule has 0 aromatic heterocycles. The van der Waals surface area contributed by atoms with Gasteiger partial charge in [-0.05, 0) is 23.8 Å². The molecule has 0 aliphatic heterocycles. The summed E-state index contributed by atoms with van der Waals surface area (Å²) in [7, 11) is 0. The normalized spacial score (nSPS) is 11.6. The van der Waals surface area contributed by atoms with E-state index in [0.717, 1.165) is 0 Å². The molecule has 0 amide bonds. The highest BCUT2D eigenvalue weighted by molar-refractivity contribution is 5.56. The summed E-state index contributed by atoms with van der Waals surface area (Å²) in [6.45, 7) is -0.457. The number of aliphatic hydroxyl groups is 2. The molecule has 0 bridgehead atoms. The summed E-state index contributed by atoms with van der Waals surface area (Å²) < 4.78 is 0. The van der Waals surface area contributed by atoms with Crippen molar-refractivity contribution < 1.29 is 20.4 Å². The molecule has 0 aliphatic carbocycles. The lowest BCUT2D eigenvalue weighted by Crippen LogP contribution is -1.87. The zero-order valence-electron chi connectivity index (χ0n) is 6.81. The van der Waals surface area contributed by atoms with Crippen LogP contribution in [0.4, 0.5) is 0 Å². The predicted octanol–water partition coefficient (Wildman–Crippen LogP) is 0.989. The first-order valence-electron chi connectivity index (χ1n) is 3.66. The van der Waals surface area contributed by atoms with E-state index in [9.17, 15) is 0 Å². The van der Waals surface area contributed by atoms with Crippen molar-refractivity contribution in [1.29, 1.82) is 0 Å². The van der Waals surface area contributed by atoms with Gasteiger partial charge in [0.15, 0.2) is 11.5 Å². The van der Waals surface area contributed by atoms with Crippen molar-refractivity contribution in [3.63, 3.8) is 0 Å². The Bertz CT molecular complexity index is 330. The van der Waals surface area contributed by atoms with Crippen molar-refractivity contribution in [2.45, 2.75) is 0 Å². The molecule has 0 atom stereocenters. The first-order valence-corrected chi connectivity index (χ1v) is 3.66. The van der Waals surface area contributed by atoms with Gasteiger partial charge in [-0.2, -0.15) is 0 Å². The van der Waals surface area contributed by atoms with Gasteiger partial charge in [0.2, 0.25) is 0 Å². The fraction of sp³-hybridized carbons (Fsp3) is 0.111. The lowest BCUT2D eigenvalue weighted by Gasteiger charge is -1.99. The van der Waals surface area contributed by atoms with Gasteiger partial charge in [-0.15, -0.1) is 0 Å². The number of aromatic hydroxyl groups is 2. The molecule has 0 fully saturated rings. The van der Waals surface area contributed by atoms with Crippen LogP contribution >= 0.6 is 0 Å². The Hall–Kier alpha value is -1.68. The van der Waals surface area contributed by atoms with Crippen molar-refractivity contribution in [2.24, 2.45) is 0 Å². The second kappa shape index (κ2) is 3.82. The fourth-order valence-electron chi connectivity index (χ4n) is 0.868. The van der Waals surface area contributed by atoms with Crippen LogP contribution in [0, 0.1) is 0 Å². The molecule has 0 heterocycles. The Kier molecular flexibility index (Phi) is 2.76. The Balaban J connectivity index is 2.98. The second-order valence-electron chi connectivity index (χ2n) is 2.54. The molecule has 0 radical (unpaired) electrons. The number of benzene rings is 1. The van der Waals surface area contributed by atoms with E-state index in [4.69, 9.17) is 20.4 Å². The number of rotatable bonds is 2. The van der Waals surface area contributed by atoms with E-state index in [1.165, 1.54) is 24.3 Å². The molecular weight excluding hydrogens is 172 g/mol. The third-order valence-electron chi connectivity index (χ3n) is 1.49. The number of phenolic OH excluding ortho intramolecular Hbond substituents is 2. The van der Waals surface area contributed by atoms with Crippen molar-refractivity contribution >= 4 is 6.08 Å². The molecule has 0 spiro atoms. The molecule has 0 aliphatic rings. The maximum Gasteiger partial charge on any atom is 0.157 e. The number of aliphatic hydroxyl groups excluding tert-OH is 2.